The standard InChI is InChI=1S/C23H28FN3O4S2/c1-26(2)14-6-15-27(23-25-22-19(31-3)7-4-8-20(22)32-23)21(28)9-5-16-33(29,30)18-12-10-17(24)11-13-18/h4,7-8,10-13H,5-6,9,14-16H2,1-3H3. The molecule has 3 rings (SSSR count). The Morgan fingerprint density at radius 2 is 1.82 bits per heavy atom. The van der Waals surface area contributed by atoms with E-state index in [-0.39, 0.29) is 29.4 Å². The van der Waals surface area contributed by atoms with E-state index in [2.05, 4.69) is 4.98 Å². The predicted molar refractivity (Wildman–Crippen MR) is 129 cm³/mol. The molecule has 7 nitrogen and oxygen atoms in total. The zero-order valence-electron chi connectivity index (χ0n) is 19.0. The van der Waals surface area contributed by atoms with Crippen LogP contribution in [0.1, 0.15) is 19.3 Å². The number of ether oxygens (including phenoxy) is 1. The molecule has 0 spiro atoms. The van der Waals surface area contributed by atoms with Gasteiger partial charge in [0.2, 0.25) is 5.91 Å². The highest BCUT2D eigenvalue weighted by molar-refractivity contribution is 7.91. The second-order valence-electron chi connectivity index (χ2n) is 7.88. The molecule has 10 heteroatoms. The van der Waals surface area contributed by atoms with Gasteiger partial charge < -0.3 is 9.64 Å². The topological polar surface area (TPSA) is 79.8 Å². The Balaban J connectivity index is 1.73. The Labute approximate surface area is 197 Å². The Morgan fingerprint density at radius 3 is 2.48 bits per heavy atom. The molecular formula is C23H28FN3O4S2. The molecule has 0 fully saturated rings. The number of carbonyl (C=O) groups is 1. The van der Waals surface area contributed by atoms with Crippen molar-refractivity contribution in [1.82, 2.24) is 9.88 Å². The van der Waals surface area contributed by atoms with Crippen molar-refractivity contribution in [1.29, 1.82) is 0 Å². The number of halogens is 1. The quantitative estimate of drug-likeness (QED) is 0.376. The molecule has 178 valence electrons. The zero-order valence-corrected chi connectivity index (χ0v) is 20.6. The summed E-state index contributed by atoms with van der Waals surface area (Å²) in [6.45, 7) is 1.28. The average molecular weight is 494 g/mol. The monoisotopic (exact) mass is 493 g/mol. The summed E-state index contributed by atoms with van der Waals surface area (Å²) >= 11 is 1.41. The van der Waals surface area contributed by atoms with E-state index in [0.717, 1.165) is 29.8 Å². The van der Waals surface area contributed by atoms with Gasteiger partial charge in [0.15, 0.2) is 15.0 Å². The molecular weight excluding hydrogens is 465 g/mol. The smallest absolute Gasteiger partial charge is 0.228 e. The van der Waals surface area contributed by atoms with Crippen LogP contribution in [0.3, 0.4) is 0 Å². The Hall–Kier alpha value is -2.56. The van der Waals surface area contributed by atoms with E-state index in [1.165, 1.54) is 23.5 Å². The minimum atomic E-state index is -3.59. The van der Waals surface area contributed by atoms with Gasteiger partial charge in [-0.1, -0.05) is 17.4 Å². The third kappa shape index (κ3) is 6.49. The van der Waals surface area contributed by atoms with Crippen molar-refractivity contribution in [3.05, 3.63) is 48.3 Å². The van der Waals surface area contributed by atoms with Crippen LogP contribution in [-0.4, -0.2) is 64.3 Å². The summed E-state index contributed by atoms with van der Waals surface area (Å²) < 4.78 is 44.4. The van der Waals surface area contributed by atoms with Gasteiger partial charge in [0, 0.05) is 13.0 Å². The zero-order chi connectivity index (χ0) is 24.0. The van der Waals surface area contributed by atoms with Crippen LogP contribution in [0.15, 0.2) is 47.4 Å². The summed E-state index contributed by atoms with van der Waals surface area (Å²) in [5.74, 6) is -0.226. The molecule has 0 bridgehead atoms. The van der Waals surface area contributed by atoms with E-state index in [9.17, 15) is 17.6 Å². The van der Waals surface area contributed by atoms with Crippen LogP contribution < -0.4 is 9.64 Å². The van der Waals surface area contributed by atoms with Crippen molar-refractivity contribution in [3.63, 3.8) is 0 Å². The molecule has 1 amide bonds. The molecule has 0 aliphatic heterocycles. The van der Waals surface area contributed by atoms with Crippen molar-refractivity contribution in [3.8, 4) is 5.75 Å². The maximum absolute atomic E-state index is 13.1. The molecule has 0 aliphatic carbocycles. The maximum Gasteiger partial charge on any atom is 0.228 e. The molecule has 0 radical (unpaired) electrons. The number of fused-ring (bicyclic) bond motifs is 1. The first-order chi connectivity index (χ1) is 15.7. The third-order valence-corrected chi connectivity index (χ3v) is 7.95. The molecule has 2 aromatic carbocycles. The number of para-hydroxylation sites is 1. The van der Waals surface area contributed by atoms with Gasteiger partial charge in [-0.15, -0.1) is 0 Å². The van der Waals surface area contributed by atoms with Crippen molar-refractivity contribution in [2.45, 2.75) is 24.2 Å². The van der Waals surface area contributed by atoms with E-state index >= 15 is 0 Å². The number of aromatic nitrogens is 1. The number of sulfone groups is 1. The fourth-order valence-electron chi connectivity index (χ4n) is 3.37. The molecule has 3 aromatic rings. The summed E-state index contributed by atoms with van der Waals surface area (Å²) in [6.07, 6.45) is 0.978. The number of anilines is 1. The van der Waals surface area contributed by atoms with Crippen LogP contribution in [-0.2, 0) is 14.6 Å². The summed E-state index contributed by atoms with van der Waals surface area (Å²) in [6, 6.07) is 10.4. The van der Waals surface area contributed by atoms with Gasteiger partial charge in [-0.2, -0.15) is 0 Å². The summed E-state index contributed by atoms with van der Waals surface area (Å²) in [7, 11) is 1.92. The van der Waals surface area contributed by atoms with Crippen LogP contribution >= 0.6 is 11.3 Å². The number of carbonyl (C=O) groups excluding carboxylic acids is 1. The van der Waals surface area contributed by atoms with Gasteiger partial charge in [0.1, 0.15) is 17.1 Å². The van der Waals surface area contributed by atoms with Crippen LogP contribution in [0.2, 0.25) is 0 Å². The van der Waals surface area contributed by atoms with Crippen molar-refractivity contribution < 1.29 is 22.3 Å². The second-order valence-corrected chi connectivity index (χ2v) is 11.0. The molecule has 0 saturated heterocycles. The Morgan fingerprint density at radius 1 is 1.09 bits per heavy atom. The van der Waals surface area contributed by atoms with E-state index < -0.39 is 15.7 Å². The predicted octanol–water partition coefficient (Wildman–Crippen LogP) is 3.98. The number of methoxy groups -OCH3 is 1. The molecule has 1 aromatic heterocycles. The van der Waals surface area contributed by atoms with Crippen molar-refractivity contribution in [2.24, 2.45) is 0 Å². The first-order valence-electron chi connectivity index (χ1n) is 10.6. The summed E-state index contributed by atoms with van der Waals surface area (Å²) in [4.78, 5) is 21.5. The van der Waals surface area contributed by atoms with Crippen LogP contribution in [0.5, 0.6) is 5.75 Å². The van der Waals surface area contributed by atoms with Crippen LogP contribution in [0.25, 0.3) is 10.2 Å². The molecule has 0 N–H and O–H groups in total. The van der Waals surface area contributed by atoms with Gasteiger partial charge in [0.05, 0.1) is 22.5 Å². The Kier molecular flexibility index (Phi) is 8.39. The van der Waals surface area contributed by atoms with Gasteiger partial charge >= 0.3 is 0 Å². The number of benzene rings is 2. The highest BCUT2D eigenvalue weighted by Gasteiger charge is 2.22. The normalized spacial score (nSPS) is 11.8. The highest BCUT2D eigenvalue weighted by atomic mass is 32.2. The first kappa shape index (κ1) is 25.1. The van der Waals surface area contributed by atoms with Gasteiger partial charge in [-0.05, 0) is 69.9 Å². The summed E-state index contributed by atoms with van der Waals surface area (Å²) in [5, 5.41) is 0.569. The van der Waals surface area contributed by atoms with E-state index in [4.69, 9.17) is 4.74 Å². The Bertz CT molecular complexity index is 1190. The minimum Gasteiger partial charge on any atom is -0.494 e. The lowest BCUT2D eigenvalue weighted by atomic mass is 10.3. The molecule has 0 saturated carbocycles. The van der Waals surface area contributed by atoms with E-state index in [1.807, 2.05) is 37.2 Å². The lowest BCUT2D eigenvalue weighted by Crippen LogP contribution is -2.33. The van der Waals surface area contributed by atoms with Crippen LogP contribution in [0, 0.1) is 5.82 Å². The van der Waals surface area contributed by atoms with Crippen molar-refractivity contribution in [2.75, 3.05) is 44.9 Å². The highest BCUT2D eigenvalue weighted by Crippen LogP contribution is 2.34. The number of nitrogens with zero attached hydrogens (tertiary/aromatic N) is 3. The van der Waals surface area contributed by atoms with Crippen molar-refractivity contribution >= 4 is 42.4 Å². The molecule has 0 aliphatic rings. The largest absolute Gasteiger partial charge is 0.494 e. The minimum absolute atomic E-state index is 0.0532. The van der Waals surface area contributed by atoms with Gasteiger partial charge in [-0.3, -0.25) is 9.69 Å². The number of thiazole rings is 1. The fourth-order valence-corrected chi connectivity index (χ4v) is 5.71. The van der Waals surface area contributed by atoms with E-state index in [1.54, 1.807) is 12.0 Å². The van der Waals surface area contributed by atoms with Crippen LogP contribution in [0.4, 0.5) is 9.52 Å². The number of hydrogen-bond donors (Lipinski definition) is 0. The first-order valence-corrected chi connectivity index (χ1v) is 13.0. The average Bonchev–Trinajstić information content (AvgIpc) is 3.20. The number of hydrogen-bond acceptors (Lipinski definition) is 7. The molecule has 0 atom stereocenters. The third-order valence-electron chi connectivity index (χ3n) is 5.09. The lowest BCUT2D eigenvalue weighted by Gasteiger charge is -2.21. The van der Waals surface area contributed by atoms with E-state index in [0.29, 0.717) is 22.9 Å². The SMILES string of the molecule is COc1cccc2sc(N(CCCN(C)C)C(=O)CCCS(=O)(=O)c3ccc(F)cc3)nc12. The molecule has 0 unspecified atom stereocenters. The number of amides is 1. The fraction of sp³-hybridized carbons (Fsp3) is 0.391. The lowest BCUT2D eigenvalue weighted by molar-refractivity contribution is -0.118. The second kappa shape index (κ2) is 11.0. The molecule has 1 heterocycles. The molecule has 33 heavy (non-hydrogen) atoms. The maximum atomic E-state index is 13.1. The van der Waals surface area contributed by atoms with Gasteiger partial charge in [-0.25, -0.2) is 17.8 Å². The summed E-state index contributed by atoms with van der Waals surface area (Å²) in [5.41, 5.74) is 0.698. The number of rotatable bonds is 11. The van der Waals surface area contributed by atoms with Gasteiger partial charge in [0.25, 0.3) is 0 Å².